The van der Waals surface area contributed by atoms with Crippen LogP contribution in [0.25, 0.3) is 22.5 Å². The Bertz CT molecular complexity index is 3930. The highest BCUT2D eigenvalue weighted by molar-refractivity contribution is 7.90. The number of aromatic nitrogens is 4. The topological polar surface area (TPSA) is 215 Å². The second kappa shape index (κ2) is 23.8. The number of sulfone groups is 1. The molecular formula is C60H54F4N12O6S. The minimum absolute atomic E-state index is 0.0446. The Morgan fingerprint density at radius 3 is 1.41 bits per heavy atom. The molecule has 3 aliphatic heterocycles. The van der Waals surface area contributed by atoms with E-state index in [0.717, 1.165) is 71.3 Å². The number of rotatable bonds is 12. The van der Waals surface area contributed by atoms with E-state index in [1.54, 1.807) is 37.3 Å². The summed E-state index contributed by atoms with van der Waals surface area (Å²) in [5, 5.41) is 10.4. The number of hydrogen-bond acceptors (Lipinski definition) is 12. The number of likely N-dealkylation sites (N-methyl/N-ethyl adjacent to an activating group) is 1. The van der Waals surface area contributed by atoms with Gasteiger partial charge in [-0.15, -0.1) is 0 Å². The number of piperazine rings is 1. The van der Waals surface area contributed by atoms with Crippen LogP contribution in [0.15, 0.2) is 139 Å². The normalized spacial score (nSPS) is 14.1. The van der Waals surface area contributed by atoms with Crippen LogP contribution in [0.4, 0.5) is 56.1 Å². The van der Waals surface area contributed by atoms with Gasteiger partial charge >= 0.3 is 12.1 Å². The molecule has 8 aromatic rings. The number of amides is 6. The molecule has 4 N–H and O–H groups in total. The molecule has 18 nitrogen and oxygen atoms in total. The van der Waals surface area contributed by atoms with Crippen molar-refractivity contribution in [3.8, 4) is 22.5 Å². The highest BCUT2D eigenvalue weighted by atomic mass is 32.2. The van der Waals surface area contributed by atoms with Crippen molar-refractivity contribution in [1.29, 1.82) is 0 Å². The number of nitrogens with zero attached hydrogens (tertiary/aromatic N) is 8. The van der Waals surface area contributed by atoms with Crippen molar-refractivity contribution in [2.24, 2.45) is 0 Å². The molecule has 11 rings (SSSR count). The predicted octanol–water partition coefficient (Wildman–Crippen LogP) is 9.20. The third-order valence-electron chi connectivity index (χ3n) is 14.1. The maximum Gasteiger partial charge on any atom is 0.328 e. The largest absolute Gasteiger partial charge is 0.348 e. The molecule has 83 heavy (non-hydrogen) atoms. The number of nitrogens with one attached hydrogen (secondary N) is 4. The maximum absolute atomic E-state index is 15.1. The van der Waals surface area contributed by atoms with E-state index in [1.165, 1.54) is 6.07 Å². The van der Waals surface area contributed by atoms with Crippen LogP contribution in [0, 0.1) is 37.1 Å². The smallest absolute Gasteiger partial charge is 0.328 e. The number of halogens is 4. The summed E-state index contributed by atoms with van der Waals surface area (Å²) in [6.07, 6.45) is 0.885. The Kier molecular flexibility index (Phi) is 16.3. The first-order valence-corrected chi connectivity index (χ1v) is 28.1. The van der Waals surface area contributed by atoms with Crippen molar-refractivity contribution in [1.82, 2.24) is 46.1 Å². The number of carbonyl (C=O) groups is 4. The Morgan fingerprint density at radius 2 is 0.976 bits per heavy atom. The fourth-order valence-corrected chi connectivity index (χ4v) is 10.2. The molecule has 3 aliphatic rings. The minimum atomic E-state index is -4.04. The molecule has 0 spiro atoms. The lowest BCUT2D eigenvalue weighted by Crippen LogP contribution is -2.46. The molecule has 1 fully saturated rings. The van der Waals surface area contributed by atoms with Crippen molar-refractivity contribution in [3.63, 3.8) is 0 Å². The monoisotopic (exact) mass is 1150 g/mol. The quantitative estimate of drug-likeness (QED) is 0.0666. The van der Waals surface area contributed by atoms with E-state index in [1.807, 2.05) is 85.6 Å². The lowest BCUT2D eigenvalue weighted by atomic mass is 9.97. The predicted molar refractivity (Wildman–Crippen MR) is 304 cm³/mol. The fraction of sp³-hybridized carbons (Fsp3) is 0.200. The zero-order chi connectivity index (χ0) is 58.7. The number of hydrogen-bond donors (Lipinski definition) is 4. The molecule has 0 atom stereocenters. The summed E-state index contributed by atoms with van der Waals surface area (Å²) < 4.78 is 84.9. The molecule has 0 bridgehead atoms. The average Bonchev–Trinajstić information content (AvgIpc) is 2.63. The summed E-state index contributed by atoms with van der Waals surface area (Å²) in [4.78, 5) is 76.1. The van der Waals surface area contributed by atoms with Gasteiger partial charge in [-0.25, -0.2) is 55.3 Å². The molecule has 1 saturated heterocycles. The number of para-hydroxylation sites is 2. The van der Waals surface area contributed by atoms with Crippen molar-refractivity contribution in [2.45, 2.75) is 45.2 Å². The number of aryl methyl sites for hydroxylation is 2. The van der Waals surface area contributed by atoms with Gasteiger partial charge in [0.25, 0.3) is 11.8 Å². The Balaban J connectivity index is 0.000000186. The van der Waals surface area contributed by atoms with Crippen LogP contribution < -0.4 is 36.0 Å². The van der Waals surface area contributed by atoms with Gasteiger partial charge in [0.05, 0.1) is 24.5 Å². The van der Waals surface area contributed by atoms with E-state index in [2.05, 4.69) is 36.1 Å². The van der Waals surface area contributed by atoms with Gasteiger partial charge in [-0.05, 0) is 91.7 Å². The Hall–Kier alpha value is -9.61. The number of urea groups is 2. The van der Waals surface area contributed by atoms with Crippen molar-refractivity contribution < 1.29 is 45.2 Å². The minimum Gasteiger partial charge on any atom is -0.348 e. The first-order valence-electron chi connectivity index (χ1n) is 26.2. The molecule has 23 heteroatoms. The van der Waals surface area contributed by atoms with Gasteiger partial charge in [-0.2, -0.15) is 9.97 Å². The van der Waals surface area contributed by atoms with Gasteiger partial charge in [0.1, 0.15) is 34.6 Å². The van der Waals surface area contributed by atoms with Gasteiger partial charge < -0.3 is 31.1 Å². The first-order chi connectivity index (χ1) is 39.8. The summed E-state index contributed by atoms with van der Waals surface area (Å²) in [6.45, 7) is 7.02. The molecule has 0 unspecified atom stereocenters. The van der Waals surface area contributed by atoms with Crippen molar-refractivity contribution >= 4 is 62.7 Å². The summed E-state index contributed by atoms with van der Waals surface area (Å²) >= 11 is 0. The van der Waals surface area contributed by atoms with E-state index in [0.29, 0.717) is 70.5 Å². The Morgan fingerprint density at radius 1 is 0.554 bits per heavy atom. The average molecular weight is 1150 g/mol. The van der Waals surface area contributed by atoms with Crippen LogP contribution in [0.5, 0.6) is 0 Å². The molecule has 424 valence electrons. The third kappa shape index (κ3) is 12.1. The van der Waals surface area contributed by atoms with Crippen molar-refractivity contribution in [3.05, 3.63) is 201 Å². The Labute approximate surface area is 475 Å². The SMILES string of the molecule is Cc1ccc(C(=O)NCc2ccccc2)cc1-c1nc(N2CCN(C)CC2)nc2c1CNC(=O)N2c1c(F)cccc1F.Cc1ccc(C(=O)NCc2ccccc2)cc1-c1nc(S(C)(=O)=O)nc2c1CNC(=O)N2c1c(F)cccc1F. The van der Waals surface area contributed by atoms with Crippen LogP contribution in [0.3, 0.4) is 0 Å². The van der Waals surface area contributed by atoms with E-state index in [9.17, 15) is 36.4 Å². The van der Waals surface area contributed by atoms with Crippen LogP contribution in [-0.4, -0.2) is 96.6 Å². The maximum atomic E-state index is 15.1. The standard InChI is InChI=1S/C32H31F2N7O2.C28H23F2N5O4S/c1-20-11-12-22(30(42)35-18-21-7-4-3-5-8-21)17-23(20)27-24-19-36-32(43)41(28-25(33)9-6-10-26(28)34)29(24)38-31(37-27)40-15-13-39(2)14-16-40;1-16-11-12-18(26(36)31-14-17-7-4-3-5-8-17)13-19(16)23-20-15-32-28(37)35(24-21(29)9-6-10-22(24)30)25(20)34-27(33-23)40(2,38)39/h3-12,17H,13-16,18-19H2,1-2H3,(H,35,42)(H,36,43);3-13H,14-15H2,1-2H3,(H,31,36)(H,32,37). The van der Waals surface area contributed by atoms with Gasteiger partial charge in [-0.1, -0.05) is 84.9 Å². The lowest BCUT2D eigenvalue weighted by molar-refractivity contribution is 0.0943. The summed E-state index contributed by atoms with van der Waals surface area (Å²) in [5.41, 5.74) is 5.18. The first kappa shape index (κ1) is 56.7. The third-order valence-corrected chi connectivity index (χ3v) is 15.0. The number of fused-ring (bicyclic) bond motifs is 2. The highest BCUT2D eigenvalue weighted by Crippen LogP contribution is 2.42. The summed E-state index contributed by atoms with van der Waals surface area (Å²) in [6, 6.07) is 34.1. The van der Waals surface area contributed by atoms with E-state index in [4.69, 9.17) is 9.97 Å². The van der Waals surface area contributed by atoms with Gasteiger partial charge in [0.15, 0.2) is 11.6 Å². The van der Waals surface area contributed by atoms with Crippen LogP contribution in [0.2, 0.25) is 0 Å². The van der Waals surface area contributed by atoms with Gasteiger partial charge in [0.2, 0.25) is 20.9 Å². The molecular weight excluding hydrogens is 1090 g/mol. The van der Waals surface area contributed by atoms with E-state index < -0.39 is 61.7 Å². The molecule has 0 radical (unpaired) electrons. The molecule has 0 aliphatic carbocycles. The van der Waals surface area contributed by atoms with Crippen LogP contribution in [0.1, 0.15) is 54.1 Å². The molecule has 0 saturated carbocycles. The van der Waals surface area contributed by atoms with E-state index in [-0.39, 0.29) is 53.4 Å². The second-order valence-electron chi connectivity index (χ2n) is 19.9. The summed E-state index contributed by atoms with van der Waals surface area (Å²) in [7, 11) is -2.01. The number of anilines is 5. The lowest BCUT2D eigenvalue weighted by Gasteiger charge is -2.35. The zero-order valence-corrected chi connectivity index (χ0v) is 46.1. The van der Waals surface area contributed by atoms with Crippen molar-refractivity contribution in [2.75, 3.05) is 54.2 Å². The highest BCUT2D eigenvalue weighted by Gasteiger charge is 2.37. The molecule has 5 heterocycles. The molecule has 6 aromatic carbocycles. The number of benzene rings is 6. The second-order valence-corrected chi connectivity index (χ2v) is 21.8. The van der Waals surface area contributed by atoms with E-state index >= 15 is 8.78 Å². The zero-order valence-electron chi connectivity index (χ0n) is 45.3. The fourth-order valence-electron chi connectivity index (χ4n) is 9.66. The van der Waals surface area contributed by atoms with Crippen LogP contribution >= 0.6 is 0 Å². The molecule has 2 aromatic heterocycles. The summed E-state index contributed by atoms with van der Waals surface area (Å²) in [5.74, 6) is -4.33. The van der Waals surface area contributed by atoms with Crippen LogP contribution in [-0.2, 0) is 36.0 Å². The van der Waals surface area contributed by atoms with Gasteiger partial charge in [0, 0.05) is 78.9 Å². The molecule has 6 amide bonds. The van der Waals surface area contributed by atoms with Gasteiger partial charge in [-0.3, -0.25) is 9.59 Å². The number of carbonyl (C=O) groups excluding carboxylic acids is 4.